The lowest BCUT2D eigenvalue weighted by atomic mass is 9.95. The van der Waals surface area contributed by atoms with Gasteiger partial charge in [0.25, 0.3) is 5.91 Å². The third-order valence-electron chi connectivity index (χ3n) is 6.64. The minimum absolute atomic E-state index is 0.159. The summed E-state index contributed by atoms with van der Waals surface area (Å²) >= 11 is 6.31. The van der Waals surface area contributed by atoms with E-state index in [9.17, 15) is 18.0 Å². The average Bonchev–Trinajstić information content (AvgIpc) is 3.05. The molecule has 7 nitrogen and oxygen atoms in total. The highest BCUT2D eigenvalue weighted by atomic mass is 35.5. The summed E-state index contributed by atoms with van der Waals surface area (Å²) in [5, 5.41) is 3.37. The van der Waals surface area contributed by atoms with Gasteiger partial charge in [-0.2, -0.15) is 4.31 Å². The molecule has 0 spiro atoms. The predicted molar refractivity (Wildman–Crippen MR) is 138 cm³/mol. The first kappa shape index (κ1) is 24.5. The molecule has 0 radical (unpaired) electrons. The van der Waals surface area contributed by atoms with Crippen molar-refractivity contribution in [3.05, 3.63) is 94.5 Å². The number of anilines is 1. The summed E-state index contributed by atoms with van der Waals surface area (Å²) in [7, 11) is -3.61. The highest BCUT2D eigenvalue weighted by Gasteiger charge is 2.34. The number of hydrogen-bond acceptors (Lipinski definition) is 4. The second-order valence-corrected chi connectivity index (χ2v) is 11.4. The van der Waals surface area contributed by atoms with Crippen LogP contribution in [0.5, 0.6) is 0 Å². The molecule has 0 aromatic heterocycles. The number of piperidine rings is 1. The van der Waals surface area contributed by atoms with Gasteiger partial charge >= 0.3 is 0 Å². The smallest absolute Gasteiger partial charge is 0.255 e. The topological polar surface area (TPSA) is 86.8 Å². The molecule has 1 saturated heterocycles. The van der Waals surface area contributed by atoms with Gasteiger partial charge in [-0.25, -0.2) is 8.42 Å². The van der Waals surface area contributed by atoms with Gasteiger partial charge in [0.05, 0.1) is 10.9 Å². The Morgan fingerprint density at radius 1 is 0.917 bits per heavy atom. The third-order valence-corrected chi connectivity index (χ3v) is 8.79. The van der Waals surface area contributed by atoms with Gasteiger partial charge in [-0.15, -0.1) is 0 Å². The van der Waals surface area contributed by atoms with Gasteiger partial charge in [-0.3, -0.25) is 9.59 Å². The van der Waals surface area contributed by atoms with Crippen molar-refractivity contribution in [2.45, 2.75) is 30.2 Å². The third kappa shape index (κ3) is 4.76. The Morgan fingerprint density at radius 2 is 1.61 bits per heavy atom. The summed E-state index contributed by atoms with van der Waals surface area (Å²) < 4.78 is 27.6. The molecule has 186 valence electrons. The zero-order chi connectivity index (χ0) is 25.3. The summed E-state index contributed by atoms with van der Waals surface area (Å²) in [6.45, 7) is 0.845. The Kier molecular flexibility index (Phi) is 6.83. The van der Waals surface area contributed by atoms with E-state index >= 15 is 0 Å². The number of carbonyl (C=O) groups is 2. The number of amides is 2. The maximum Gasteiger partial charge on any atom is 0.255 e. The van der Waals surface area contributed by atoms with Gasteiger partial charge in [-0.1, -0.05) is 48.4 Å². The Labute approximate surface area is 215 Å². The molecule has 5 rings (SSSR count). The minimum Gasteiger partial charge on any atom is -0.324 e. The average molecular weight is 524 g/mol. The molecule has 2 aliphatic heterocycles. The lowest BCUT2D eigenvalue weighted by Gasteiger charge is -2.31. The zero-order valence-corrected chi connectivity index (χ0v) is 21.1. The molecule has 0 saturated carbocycles. The fourth-order valence-electron chi connectivity index (χ4n) is 4.85. The van der Waals surface area contributed by atoms with E-state index in [4.69, 9.17) is 11.6 Å². The fraction of sp³-hybridized carbons (Fsp3) is 0.259. The molecular weight excluding hydrogens is 498 g/mol. The summed E-state index contributed by atoms with van der Waals surface area (Å²) in [6, 6.07) is 20.0. The van der Waals surface area contributed by atoms with Crippen molar-refractivity contribution in [3.8, 4) is 0 Å². The Hall–Kier alpha value is -3.20. The number of nitrogens with zero attached hydrogens (tertiary/aromatic N) is 2. The molecule has 1 unspecified atom stereocenters. The number of hydrogen-bond donors (Lipinski definition) is 1. The van der Waals surface area contributed by atoms with E-state index in [0.717, 1.165) is 24.8 Å². The summed E-state index contributed by atoms with van der Waals surface area (Å²) in [5.41, 5.74) is 2.43. The Morgan fingerprint density at radius 3 is 2.31 bits per heavy atom. The fourth-order valence-corrected chi connectivity index (χ4v) is 6.55. The van der Waals surface area contributed by atoms with Crippen LogP contribution in [0.1, 0.15) is 46.8 Å². The highest BCUT2D eigenvalue weighted by molar-refractivity contribution is 7.89. The van der Waals surface area contributed by atoms with Crippen molar-refractivity contribution < 1.29 is 18.0 Å². The van der Waals surface area contributed by atoms with Crippen LogP contribution >= 0.6 is 11.6 Å². The Bertz CT molecular complexity index is 1390. The quantitative estimate of drug-likeness (QED) is 0.537. The van der Waals surface area contributed by atoms with Crippen LogP contribution in [0.4, 0.5) is 5.69 Å². The SMILES string of the molecule is O=C1CN(C(=O)c2ccc(S(=O)(=O)N3CCCCC3)cc2)C(c2ccccc2)c2cc(Cl)ccc2N1. The van der Waals surface area contributed by atoms with Crippen LogP contribution in [0, 0.1) is 0 Å². The van der Waals surface area contributed by atoms with Crippen molar-refractivity contribution in [3.63, 3.8) is 0 Å². The van der Waals surface area contributed by atoms with Crippen molar-refractivity contribution in [1.82, 2.24) is 9.21 Å². The van der Waals surface area contributed by atoms with Crippen molar-refractivity contribution >= 4 is 39.1 Å². The number of sulfonamides is 1. The van der Waals surface area contributed by atoms with Crippen molar-refractivity contribution in [2.24, 2.45) is 0 Å². The molecule has 3 aromatic carbocycles. The van der Waals surface area contributed by atoms with Crippen LogP contribution in [0.2, 0.25) is 5.02 Å². The zero-order valence-electron chi connectivity index (χ0n) is 19.6. The van der Waals surface area contributed by atoms with Crippen LogP contribution in [-0.2, 0) is 14.8 Å². The maximum absolute atomic E-state index is 13.8. The largest absolute Gasteiger partial charge is 0.324 e. The van der Waals surface area contributed by atoms with E-state index in [-0.39, 0.29) is 23.3 Å². The molecule has 1 N–H and O–H groups in total. The van der Waals surface area contributed by atoms with Gasteiger partial charge in [0, 0.05) is 34.9 Å². The number of benzene rings is 3. The molecule has 1 atom stereocenters. The first-order valence-corrected chi connectivity index (χ1v) is 13.7. The molecule has 9 heteroatoms. The molecular formula is C27H26ClN3O4S. The maximum atomic E-state index is 13.8. The summed E-state index contributed by atoms with van der Waals surface area (Å²) in [4.78, 5) is 28.2. The van der Waals surface area contributed by atoms with Gasteiger partial charge in [-0.05, 0) is 60.9 Å². The van der Waals surface area contributed by atoms with Crippen LogP contribution in [-0.4, -0.2) is 49.1 Å². The molecule has 1 fully saturated rings. The number of fused-ring (bicyclic) bond motifs is 1. The number of halogens is 1. The number of carbonyl (C=O) groups excluding carboxylic acids is 2. The number of rotatable bonds is 4. The predicted octanol–water partition coefficient (Wildman–Crippen LogP) is 4.70. The van der Waals surface area contributed by atoms with Gasteiger partial charge in [0.1, 0.15) is 6.54 Å². The van der Waals surface area contributed by atoms with Crippen molar-refractivity contribution in [1.29, 1.82) is 0 Å². The molecule has 36 heavy (non-hydrogen) atoms. The molecule has 2 amide bonds. The summed E-state index contributed by atoms with van der Waals surface area (Å²) in [5.74, 6) is -0.705. The second-order valence-electron chi connectivity index (χ2n) is 9.02. The minimum atomic E-state index is -3.61. The van der Waals surface area contributed by atoms with Crippen LogP contribution in [0.15, 0.2) is 77.7 Å². The molecule has 0 bridgehead atoms. The molecule has 2 heterocycles. The first-order chi connectivity index (χ1) is 17.3. The van der Waals surface area contributed by atoms with Crippen LogP contribution in [0.25, 0.3) is 0 Å². The Balaban J connectivity index is 1.52. The number of nitrogens with one attached hydrogen (secondary N) is 1. The van der Waals surface area contributed by atoms with E-state index in [1.54, 1.807) is 18.2 Å². The van der Waals surface area contributed by atoms with Gasteiger partial charge in [0.15, 0.2) is 0 Å². The van der Waals surface area contributed by atoms with Crippen LogP contribution < -0.4 is 5.32 Å². The van der Waals surface area contributed by atoms with Gasteiger partial charge in [0.2, 0.25) is 15.9 Å². The monoisotopic (exact) mass is 523 g/mol. The second kappa shape index (κ2) is 10.0. The molecule has 2 aliphatic rings. The van der Waals surface area contributed by atoms with E-state index in [1.807, 2.05) is 30.3 Å². The lowest BCUT2D eigenvalue weighted by molar-refractivity contribution is -0.117. The van der Waals surface area contributed by atoms with E-state index in [1.165, 1.54) is 33.5 Å². The normalized spacial score (nSPS) is 18.8. The first-order valence-electron chi connectivity index (χ1n) is 11.9. The van der Waals surface area contributed by atoms with E-state index < -0.39 is 16.1 Å². The van der Waals surface area contributed by atoms with Crippen LogP contribution in [0.3, 0.4) is 0 Å². The van der Waals surface area contributed by atoms with E-state index in [2.05, 4.69) is 5.32 Å². The highest BCUT2D eigenvalue weighted by Crippen LogP contribution is 2.38. The molecule has 3 aromatic rings. The standard InChI is InChI=1S/C27H26ClN3O4S/c28-21-11-14-24-23(17-21)26(19-7-3-1-4-8-19)31(18-25(32)29-24)27(33)20-9-12-22(13-10-20)36(34,35)30-15-5-2-6-16-30/h1,3-4,7-14,17,26H,2,5-6,15-16,18H2,(H,29,32). The van der Waals surface area contributed by atoms with Crippen molar-refractivity contribution in [2.75, 3.05) is 25.0 Å². The van der Waals surface area contributed by atoms with Gasteiger partial charge < -0.3 is 10.2 Å². The summed E-state index contributed by atoms with van der Waals surface area (Å²) in [6.07, 6.45) is 2.72. The molecule has 0 aliphatic carbocycles. The van der Waals surface area contributed by atoms with E-state index in [0.29, 0.717) is 34.9 Å². The lowest BCUT2D eigenvalue weighted by Crippen LogP contribution is -2.39.